The predicted octanol–water partition coefficient (Wildman–Crippen LogP) is -0.932. The number of amides is 7. The van der Waals surface area contributed by atoms with Crippen LogP contribution in [0.5, 0.6) is 11.5 Å². The molecule has 7 amide bonds. The normalized spacial score (nSPS) is 12.3. The van der Waals surface area contributed by atoms with Crippen LogP contribution in [0.25, 0.3) is 0 Å². The maximum Gasteiger partial charge on any atom is 0.373 e. The van der Waals surface area contributed by atoms with Gasteiger partial charge < -0.3 is 67.9 Å². The predicted molar refractivity (Wildman–Crippen MR) is 309 cm³/mol. The van der Waals surface area contributed by atoms with E-state index < -0.39 is 88.7 Å². The molecular weight excluding hydrogens is 1220 g/mol. The molecule has 14 N–H and O–H groups in total. The molecule has 0 bridgehead atoms. The minimum absolute atomic E-state index is 0.00397. The van der Waals surface area contributed by atoms with Crippen LogP contribution in [0, 0.1) is 0 Å². The van der Waals surface area contributed by atoms with E-state index in [1.165, 1.54) is 0 Å². The molecule has 0 fully saturated rings. The second-order valence-corrected chi connectivity index (χ2v) is 21.2. The van der Waals surface area contributed by atoms with Crippen molar-refractivity contribution in [2.45, 2.75) is 133 Å². The number of nitrogens with zero attached hydrogens (tertiary/aromatic N) is 5. The molecule has 36 heteroatoms. The van der Waals surface area contributed by atoms with Crippen molar-refractivity contribution in [3.63, 3.8) is 0 Å². The van der Waals surface area contributed by atoms with Crippen molar-refractivity contribution >= 4 is 111 Å². The number of carbonyl (C=O) groups is 9. The number of benzene rings is 2. The summed E-state index contributed by atoms with van der Waals surface area (Å²) in [4.78, 5) is 146. The molecule has 0 spiro atoms. The van der Waals surface area contributed by atoms with Gasteiger partial charge in [-0.15, -0.1) is 15.3 Å². The lowest BCUT2D eigenvalue weighted by Crippen LogP contribution is -2.55. The van der Waals surface area contributed by atoms with Crippen molar-refractivity contribution in [2.75, 3.05) is 35.4 Å². The van der Waals surface area contributed by atoms with Crippen molar-refractivity contribution in [3.05, 3.63) is 71.5 Å². The molecule has 0 saturated carbocycles. The van der Waals surface area contributed by atoms with E-state index in [2.05, 4.69) is 75.1 Å². The summed E-state index contributed by atoms with van der Waals surface area (Å²) in [5, 5.41) is 71.8. The van der Waals surface area contributed by atoms with Gasteiger partial charge in [0.1, 0.15) is 29.6 Å². The highest BCUT2D eigenvalue weighted by molar-refractivity contribution is 7.80. The maximum atomic E-state index is 13.5. The number of phenolic OH excluding ortho intramolecular Hbond substituents is 2. The van der Waals surface area contributed by atoms with Crippen LogP contribution in [0.1, 0.15) is 107 Å². The van der Waals surface area contributed by atoms with E-state index in [1.54, 1.807) is 59.4 Å². The van der Waals surface area contributed by atoms with Crippen LogP contribution >= 0.6 is 24.0 Å². The molecule has 33 nitrogen and oxygen atoms in total. The van der Waals surface area contributed by atoms with Gasteiger partial charge in [0, 0.05) is 80.5 Å². The van der Waals surface area contributed by atoms with Crippen LogP contribution in [0.15, 0.2) is 54.7 Å². The number of phenols is 2. The molecule has 2 aromatic carbocycles. The number of hydrogen-bond donors (Lipinski definition) is 14. The molecule has 0 radical (unpaired) electrons. The number of hydrogen-bond acceptors (Lipinski definition) is 24. The molecule has 480 valence electrons. The number of carboxylic acids is 2. The monoisotopic (exact) mass is 1290 g/mol. The number of nitrogens with one attached hydrogen (secondary N) is 8. The number of rotatable bonds is 38. The van der Waals surface area contributed by atoms with Gasteiger partial charge in [0.05, 0.1) is 18.2 Å². The Kier molecular flexibility index (Phi) is 35.1. The van der Waals surface area contributed by atoms with E-state index in [0.717, 1.165) is 22.5 Å². The van der Waals surface area contributed by atoms with Crippen molar-refractivity contribution < 1.29 is 91.5 Å². The Labute approximate surface area is 514 Å². The summed E-state index contributed by atoms with van der Waals surface area (Å²) >= 11 is 2.13. The number of aromatic nitrogens is 5. The van der Waals surface area contributed by atoms with Crippen molar-refractivity contribution in [3.8, 4) is 11.5 Å². The second kappa shape index (κ2) is 41.1. The Morgan fingerprint density at radius 2 is 1.23 bits per heavy atom. The molecule has 2 heterocycles. The quantitative estimate of drug-likeness (QED) is 0.0146. The third kappa shape index (κ3) is 29.8. The van der Waals surface area contributed by atoms with Crippen LogP contribution in [0.2, 0.25) is 0 Å². The number of aryl methyl sites for hydroxylation is 2. The molecule has 88 heavy (non-hydrogen) atoms. The van der Waals surface area contributed by atoms with E-state index in [9.17, 15) is 72.3 Å². The van der Waals surface area contributed by atoms with E-state index in [1.807, 2.05) is 6.92 Å². The van der Waals surface area contributed by atoms with Crippen molar-refractivity contribution in [1.29, 1.82) is 0 Å². The number of nitrogens with two attached hydrogens (primary N) is 1. The van der Waals surface area contributed by atoms with Gasteiger partial charge in [0.15, 0.2) is 0 Å². The summed E-state index contributed by atoms with van der Waals surface area (Å²) < 4.78 is 25.2. The zero-order valence-corrected chi connectivity index (χ0v) is 50.0. The highest BCUT2D eigenvalue weighted by Crippen LogP contribution is 2.38. The second-order valence-electron chi connectivity index (χ2n) is 19.2. The number of thiol groups is 1. The third-order valence-corrected chi connectivity index (χ3v) is 14.3. The first-order valence-corrected chi connectivity index (χ1v) is 29.4. The van der Waals surface area contributed by atoms with Crippen molar-refractivity contribution in [1.82, 2.24) is 57.1 Å². The van der Waals surface area contributed by atoms with E-state index in [-0.39, 0.29) is 110 Å². The average molecular weight is 1290 g/mol. The molecule has 0 aliphatic carbocycles. The molecule has 1 unspecified atom stereocenters. The lowest BCUT2D eigenvalue weighted by Gasteiger charge is -2.31. The standard InChI is InChI=1S/C50H70N14O15S3.2CO2/c1-50(30-11-15-33(65)16-12-30,31-13-17-34(66)18-14-31)22-19-39(67)52-24-20-40(68)53-25-21-42(70)55-36(9-3-5-26-64-28-32(59-63-64)7-6-10-41(69)58-48-60-61-49(81-48)62-82(78)79)45(74)54-23-4-2-8-35(51)44(73)56-37(27-43(71)72)46(75)57-38(29-80)47(76)77;2*2-1-3/h11-18,28,35-38,65-66,80H,2-10,19-27,29,51H2,1H3,(H,52,67)(H,53,68)(H,54,74)(H,55,70)(H,56,73)(H,57,75)(H,61,62)(H,71,72)(H,76,77)(H,78,79)(H,58,60,69);;/p-1/t35-,36-,37-,38-;;/m0../s1. The first-order chi connectivity index (χ1) is 41.9. The van der Waals surface area contributed by atoms with Gasteiger partial charge in [-0.3, -0.25) is 52.0 Å². The van der Waals surface area contributed by atoms with Gasteiger partial charge in [-0.25, -0.2) is 4.79 Å². The Bertz CT molecular complexity index is 2950. The number of anilines is 2. The minimum atomic E-state index is -2.59. The van der Waals surface area contributed by atoms with Gasteiger partial charge >= 0.3 is 24.2 Å². The lowest BCUT2D eigenvalue weighted by molar-refractivity contribution is -0.193. The first kappa shape index (κ1) is 75.0. The molecule has 5 atom stereocenters. The molecule has 4 aromatic rings. The fourth-order valence-corrected chi connectivity index (χ4v) is 9.39. The lowest BCUT2D eigenvalue weighted by atomic mass is 9.73. The van der Waals surface area contributed by atoms with Crippen LogP contribution in [-0.2, 0) is 92.0 Å². The van der Waals surface area contributed by atoms with Gasteiger partial charge in [0.25, 0.3) is 0 Å². The molecule has 0 aliphatic rings. The van der Waals surface area contributed by atoms with Gasteiger partial charge in [0.2, 0.25) is 51.6 Å². The fourth-order valence-electron chi connectivity index (χ4n) is 8.08. The first-order valence-electron chi connectivity index (χ1n) is 26.9. The number of aromatic hydroxyl groups is 2. The Hall–Kier alpha value is -9.05. The van der Waals surface area contributed by atoms with E-state index >= 15 is 0 Å². The summed E-state index contributed by atoms with van der Waals surface area (Å²) in [6.07, 6.45) is 4.32. The summed E-state index contributed by atoms with van der Waals surface area (Å²) in [6.45, 7) is 2.40. The smallest absolute Gasteiger partial charge is 0.373 e. The van der Waals surface area contributed by atoms with E-state index in [4.69, 9.17) is 24.9 Å². The topological polar surface area (TPSA) is 522 Å². The Balaban J connectivity index is 0.00000422. The van der Waals surface area contributed by atoms with Gasteiger partial charge in [-0.05, 0) is 93.2 Å². The maximum absolute atomic E-state index is 13.5. The number of carboxylic acid groups (broad SMARTS) is 2. The summed E-state index contributed by atoms with van der Waals surface area (Å²) in [5.74, 6) is -7.02. The van der Waals surface area contributed by atoms with Gasteiger partial charge in [-0.1, -0.05) is 47.7 Å². The van der Waals surface area contributed by atoms with Crippen LogP contribution in [-0.4, -0.2) is 170 Å². The molecule has 0 saturated heterocycles. The SMILES string of the molecule is CC(CCC(=O)NCCC(=O)NCCC(=O)N[C@@H](CCCCn1cc(CCCC(=O)Nc2nnc(NS(=O)[O-])s2)nn1)C(=O)NCCCC[C@H](N)C(=O)N[C@@H](CC(=O)O)C(=O)N[C@@H](CS)C(=O)O)(c1ccc(O)cc1)c1ccc(O)cc1.O=C=O.O=C=O. The summed E-state index contributed by atoms with van der Waals surface area (Å²) in [6, 6.07) is 8.04. The Morgan fingerprint density at radius 3 is 1.80 bits per heavy atom. The molecule has 0 aliphatic heterocycles. The number of aliphatic carboxylic acids is 2. The largest absolute Gasteiger partial charge is 0.755 e. The molecular formula is C52H69N14O19S3-. The summed E-state index contributed by atoms with van der Waals surface area (Å²) in [5.41, 5.74) is 7.68. The number of carbonyl (C=O) groups excluding carboxylic acids is 11. The zero-order chi connectivity index (χ0) is 65.6. The highest BCUT2D eigenvalue weighted by Gasteiger charge is 2.31. The Morgan fingerprint density at radius 1 is 0.670 bits per heavy atom. The van der Waals surface area contributed by atoms with Crippen LogP contribution in [0.3, 0.4) is 0 Å². The zero-order valence-electron chi connectivity index (χ0n) is 47.4. The fraction of sp³-hybridized carbons (Fsp3) is 0.481. The van der Waals surface area contributed by atoms with E-state index in [0.29, 0.717) is 57.2 Å². The van der Waals surface area contributed by atoms with Crippen LogP contribution in [0.4, 0.5) is 10.3 Å². The third-order valence-electron chi connectivity index (χ3n) is 12.6. The average Bonchev–Trinajstić information content (AvgIpc) is 1.33. The minimum Gasteiger partial charge on any atom is -0.755 e. The summed E-state index contributed by atoms with van der Waals surface area (Å²) in [7, 11) is 0. The van der Waals surface area contributed by atoms with Crippen LogP contribution < -0.4 is 47.7 Å². The molecule has 2 aromatic heterocycles. The van der Waals surface area contributed by atoms with Crippen molar-refractivity contribution in [2.24, 2.45) is 5.73 Å². The number of unbranched alkanes of at least 4 members (excludes halogenated alkanes) is 2. The van der Waals surface area contributed by atoms with Gasteiger partial charge in [-0.2, -0.15) is 31.8 Å². The highest BCUT2D eigenvalue weighted by atomic mass is 32.2. The molecule has 4 rings (SSSR count).